The van der Waals surface area contributed by atoms with Gasteiger partial charge in [0.15, 0.2) is 0 Å². The van der Waals surface area contributed by atoms with Crippen molar-refractivity contribution in [2.24, 2.45) is 23.2 Å². The first kappa shape index (κ1) is 32.5. The molecule has 3 heteroatoms. The SMILES string of the molecule is CC12CC3CC(C1)CC([NH-])(C3)C2.CC1=[C-]C(C)C(C)=C1C.[CH3][GeH][CH3].[Zr+2].c1ccc(-c2ccccc2)cc1. The van der Waals surface area contributed by atoms with Crippen LogP contribution in [0.25, 0.3) is 16.9 Å². The number of nitrogens with one attached hydrogen (secondary N) is 1. The minimum atomic E-state index is 0. The first-order valence-corrected chi connectivity index (χ1v) is 18.8. The molecule has 1 nitrogen and oxygen atoms in total. The second-order valence-corrected chi connectivity index (χ2v) is 14.6. The third-order valence-electron chi connectivity index (χ3n) is 8.47. The summed E-state index contributed by atoms with van der Waals surface area (Å²) in [5.41, 5.74) is 15.7. The van der Waals surface area contributed by atoms with Crippen LogP contribution in [0.5, 0.6) is 0 Å². The van der Waals surface area contributed by atoms with Gasteiger partial charge in [0.2, 0.25) is 0 Å². The molecule has 2 aromatic carbocycles. The van der Waals surface area contributed by atoms with Crippen molar-refractivity contribution in [3.63, 3.8) is 0 Å². The molecule has 197 valence electrons. The molecule has 0 spiro atoms. The molecule has 5 aliphatic rings. The smallest absolute Gasteiger partial charge is 0.0622 e. The predicted octanol–water partition coefficient (Wildman–Crippen LogP) is 9.99. The van der Waals surface area contributed by atoms with Crippen molar-refractivity contribution < 1.29 is 26.2 Å². The van der Waals surface area contributed by atoms with Crippen LogP contribution in [-0.2, 0) is 26.2 Å². The molecular formula is C34H48GeNZr. The molecule has 4 bridgehead atoms. The summed E-state index contributed by atoms with van der Waals surface area (Å²) >= 11 is 0.312. The standard InChI is InChI=1S/C12H10.C11H18N.C9H13.C2H7Ge.Zr/c1-3-7-11(8-4-1)12-9-5-2-6-10-12;1-10-3-8-2-9(4-10)6-11(12,5-8)7-10;1-6-5-7(2)9(4)8(6)3;1-3-2;/h1-10H;8-9,12H,2-7H2,1H3;6H,1-4H3;3H,1-2H3;/q;2*-1;;+2. The van der Waals surface area contributed by atoms with E-state index in [9.17, 15) is 0 Å². The second kappa shape index (κ2) is 14.6. The molecule has 0 heterocycles. The van der Waals surface area contributed by atoms with Gasteiger partial charge in [-0.15, -0.1) is 12.5 Å². The van der Waals surface area contributed by atoms with Crippen LogP contribution in [0.1, 0.15) is 73.1 Å². The third kappa shape index (κ3) is 9.18. The van der Waals surface area contributed by atoms with Gasteiger partial charge in [-0.05, 0) is 47.6 Å². The van der Waals surface area contributed by atoms with Crippen LogP contribution in [0, 0.1) is 29.2 Å². The van der Waals surface area contributed by atoms with Gasteiger partial charge in [-0.25, -0.2) is 5.57 Å². The Morgan fingerprint density at radius 3 is 1.51 bits per heavy atom. The fraction of sp³-hybridized carbons (Fsp3) is 0.529. The summed E-state index contributed by atoms with van der Waals surface area (Å²) in [4.78, 5) is 0. The van der Waals surface area contributed by atoms with E-state index in [-0.39, 0.29) is 31.7 Å². The predicted molar refractivity (Wildman–Crippen MR) is 161 cm³/mol. The van der Waals surface area contributed by atoms with Gasteiger partial charge in [0.1, 0.15) is 0 Å². The molecule has 0 amide bonds. The van der Waals surface area contributed by atoms with E-state index >= 15 is 0 Å². The summed E-state index contributed by atoms with van der Waals surface area (Å²) in [6.07, 6.45) is 11.3. The minimum absolute atomic E-state index is 0. The summed E-state index contributed by atoms with van der Waals surface area (Å²) < 4.78 is 0. The maximum absolute atomic E-state index is 8.34. The zero-order valence-corrected chi connectivity index (χ0v) is 29.2. The van der Waals surface area contributed by atoms with E-state index in [2.05, 4.69) is 101 Å². The summed E-state index contributed by atoms with van der Waals surface area (Å²) in [5, 5.41) is 0. The van der Waals surface area contributed by atoms with Crippen LogP contribution >= 0.6 is 0 Å². The summed E-state index contributed by atoms with van der Waals surface area (Å²) in [7, 11) is 0. The number of benzene rings is 2. The van der Waals surface area contributed by atoms with Crippen molar-refractivity contribution >= 4 is 15.4 Å². The van der Waals surface area contributed by atoms with Gasteiger partial charge < -0.3 is 5.73 Å². The van der Waals surface area contributed by atoms with Crippen LogP contribution in [0.2, 0.25) is 11.5 Å². The van der Waals surface area contributed by atoms with Crippen molar-refractivity contribution in [1.82, 2.24) is 0 Å². The summed E-state index contributed by atoms with van der Waals surface area (Å²) in [6, 6.07) is 20.8. The summed E-state index contributed by atoms with van der Waals surface area (Å²) in [5.74, 6) is 6.97. The molecule has 3 unspecified atom stereocenters. The van der Waals surface area contributed by atoms with Gasteiger partial charge in [-0.1, -0.05) is 114 Å². The normalized spacial score (nSPS) is 30.5. The number of allylic oxidation sites excluding steroid dienone is 4. The minimum Gasteiger partial charge on any atom is -0.0622 e. The van der Waals surface area contributed by atoms with E-state index in [1.165, 1.54) is 66.4 Å². The molecule has 0 aromatic heterocycles. The molecule has 37 heavy (non-hydrogen) atoms. The number of hydrogen-bond acceptors (Lipinski definition) is 0. The molecule has 1 N–H and O–H groups in total. The Morgan fingerprint density at radius 1 is 0.811 bits per heavy atom. The molecule has 4 saturated carbocycles. The second-order valence-electron chi connectivity index (χ2n) is 12.2. The molecule has 4 fully saturated rings. The molecule has 0 aliphatic heterocycles. The Hall–Kier alpha value is -0.694. The van der Waals surface area contributed by atoms with E-state index in [0.29, 0.717) is 26.8 Å². The van der Waals surface area contributed by atoms with Gasteiger partial charge in [-0.3, -0.25) is 6.08 Å². The Morgan fingerprint density at radius 2 is 1.24 bits per heavy atom. The Labute approximate surface area is 253 Å². The van der Waals surface area contributed by atoms with Crippen molar-refractivity contribution in [2.75, 3.05) is 0 Å². The van der Waals surface area contributed by atoms with E-state index < -0.39 is 0 Å². The maximum atomic E-state index is 8.34. The molecule has 5 aliphatic carbocycles. The largest absolute Gasteiger partial charge is 2.00 e. The van der Waals surface area contributed by atoms with E-state index in [0.717, 1.165) is 11.8 Å². The zero-order chi connectivity index (χ0) is 26.3. The van der Waals surface area contributed by atoms with Gasteiger partial charge in [0, 0.05) is 0 Å². The quantitative estimate of drug-likeness (QED) is 0.220. The summed E-state index contributed by atoms with van der Waals surface area (Å²) in [6.45, 7) is 11.1. The Kier molecular flexibility index (Phi) is 12.9. The van der Waals surface area contributed by atoms with Crippen LogP contribution in [-0.4, -0.2) is 21.0 Å². The monoisotopic (exact) mass is 634 g/mol. The molecule has 2 aromatic rings. The van der Waals surface area contributed by atoms with Crippen LogP contribution in [0.4, 0.5) is 0 Å². The van der Waals surface area contributed by atoms with Crippen molar-refractivity contribution in [3.05, 3.63) is 89.2 Å². The fourth-order valence-corrected chi connectivity index (χ4v) is 7.14. The van der Waals surface area contributed by atoms with Gasteiger partial charge >= 0.3 is 53.1 Å². The van der Waals surface area contributed by atoms with Crippen molar-refractivity contribution in [2.45, 2.75) is 90.2 Å². The number of hydrogen-bond donors (Lipinski definition) is 0. The van der Waals surface area contributed by atoms with Crippen molar-refractivity contribution in [3.8, 4) is 11.1 Å². The Balaban J connectivity index is 0.000000185. The zero-order valence-electron chi connectivity index (χ0n) is 24.3. The molecule has 0 saturated heterocycles. The molecular weight excluding hydrogens is 586 g/mol. The van der Waals surface area contributed by atoms with E-state index in [1.807, 2.05) is 12.1 Å². The first-order valence-electron chi connectivity index (χ1n) is 14.0. The Bertz CT molecular complexity index is 955. The molecule has 3 atom stereocenters. The topological polar surface area (TPSA) is 23.8 Å². The van der Waals surface area contributed by atoms with Crippen LogP contribution in [0.15, 0.2) is 77.4 Å². The van der Waals surface area contributed by atoms with Crippen LogP contribution < -0.4 is 0 Å². The average Bonchev–Trinajstić information content (AvgIpc) is 3.04. The molecule has 7 rings (SSSR count). The van der Waals surface area contributed by atoms with Crippen molar-refractivity contribution in [1.29, 1.82) is 0 Å². The van der Waals surface area contributed by atoms with E-state index in [1.54, 1.807) is 0 Å². The van der Waals surface area contributed by atoms with Gasteiger partial charge in [-0.2, -0.15) is 11.1 Å². The van der Waals surface area contributed by atoms with Gasteiger partial charge in [0.25, 0.3) is 0 Å². The van der Waals surface area contributed by atoms with E-state index in [4.69, 9.17) is 5.73 Å². The first-order chi connectivity index (χ1) is 17.1. The third-order valence-corrected chi connectivity index (χ3v) is 8.47. The maximum Gasteiger partial charge on any atom is 2.00 e. The average molecular weight is 635 g/mol. The van der Waals surface area contributed by atoms with Crippen LogP contribution in [0.3, 0.4) is 0 Å². The fourth-order valence-electron chi connectivity index (χ4n) is 7.14. The number of rotatable bonds is 1. The van der Waals surface area contributed by atoms with Gasteiger partial charge in [0.05, 0.1) is 0 Å². The molecule has 1 radical (unpaired) electrons.